The Morgan fingerprint density at radius 2 is 1.14 bits per heavy atom. The molecule has 0 amide bonds. The number of hydrogen-bond acceptors (Lipinski definition) is 6. The van der Waals surface area contributed by atoms with Gasteiger partial charge in [0, 0.05) is 149 Å². The molecule has 0 saturated carbocycles. The summed E-state index contributed by atoms with van der Waals surface area (Å²) in [5, 5.41) is 0. The van der Waals surface area contributed by atoms with Gasteiger partial charge in [-0.05, 0) is 109 Å². The zero-order valence-electron chi connectivity index (χ0n) is 41.3. The number of nitrogens with zero attached hydrogens (tertiary/aromatic N) is 13. The molecule has 0 aromatic carbocycles. The van der Waals surface area contributed by atoms with Crippen LogP contribution in [0.15, 0.2) is 166 Å². The van der Waals surface area contributed by atoms with Gasteiger partial charge in [0.1, 0.15) is 6.54 Å². The number of imidazole rings is 4. The molecule has 3 atom stereocenters. The molecule has 0 saturated heterocycles. The normalized spacial score (nSPS) is 12.0. The third kappa shape index (κ3) is 15.1. The van der Waals surface area contributed by atoms with E-state index < -0.39 is 0 Å². The summed E-state index contributed by atoms with van der Waals surface area (Å²) in [4.78, 5) is 30.1. The number of pyridine rings is 5. The van der Waals surface area contributed by atoms with Crippen molar-refractivity contribution in [3.05, 3.63) is 195 Å². The smallest absolute Gasteiger partial charge is 0.339 e. The van der Waals surface area contributed by atoms with Crippen LogP contribution in [0.4, 0.5) is 0 Å². The van der Waals surface area contributed by atoms with Crippen molar-refractivity contribution in [2.24, 2.45) is 28.2 Å². The molecule has 9 rings (SSSR count). The maximum absolute atomic E-state index is 4.51. The summed E-state index contributed by atoms with van der Waals surface area (Å²) < 4.78 is 12.0. The van der Waals surface area contributed by atoms with Gasteiger partial charge in [-0.2, -0.15) is 0 Å². The molecule has 9 aromatic rings. The molecule has 70 heavy (non-hydrogen) atoms. The Morgan fingerprint density at radius 1 is 0.586 bits per heavy atom. The van der Waals surface area contributed by atoms with Gasteiger partial charge in [0.2, 0.25) is 0 Å². The second-order valence-electron chi connectivity index (χ2n) is 17.3. The largest absolute Gasteiger partial charge is 1.00 e. The molecule has 9 aromatic heterocycles. The van der Waals surface area contributed by atoms with E-state index in [1.54, 1.807) is 24.8 Å². The van der Waals surface area contributed by atoms with Gasteiger partial charge in [-0.25, -0.2) is 24.5 Å². The van der Waals surface area contributed by atoms with Gasteiger partial charge < -0.3 is 22.8 Å². The number of rotatable bonds is 17. The van der Waals surface area contributed by atoms with Crippen molar-refractivity contribution in [3.8, 4) is 34.7 Å². The molecule has 0 bridgehead atoms. The minimum Gasteiger partial charge on any atom is -0.339 e. The summed E-state index contributed by atoms with van der Waals surface area (Å²) in [7, 11) is 11.8. The standard InChI is InChI=1S/C39H46N5.2C8H10N4.Os.W/c1-4-32(35-15-24-43(3)25-16-35)29-37(34-13-20-40-21-14-34)30-33(5-2)36-17-26-44(27-18-36)23-9-7-10-31-12-22-42-39(28-31)38-11-6-8-19-41-38;2*1-11-5-3-9-7(11)8-10-4-6-12(8)2;;/h6,8,11-22,24-28,32-33,37H,3-5,7,9-10,23,29-30H2,1-2H3;2*3-6H,1-2H3;;/q+1;;;+1;. The predicted octanol–water partition coefficient (Wildman–Crippen LogP) is 8.71. The van der Waals surface area contributed by atoms with E-state index in [-0.39, 0.29) is 40.9 Å². The minimum absolute atomic E-state index is 0. The fourth-order valence-corrected chi connectivity index (χ4v) is 8.63. The summed E-state index contributed by atoms with van der Waals surface area (Å²) >= 11 is 0. The van der Waals surface area contributed by atoms with Gasteiger partial charge in [0.25, 0.3) is 0 Å². The topological polar surface area (TPSA) is 118 Å². The van der Waals surface area contributed by atoms with Crippen molar-refractivity contribution in [1.29, 1.82) is 0 Å². The first-order valence-electron chi connectivity index (χ1n) is 23.7. The van der Waals surface area contributed by atoms with Gasteiger partial charge in [-0.3, -0.25) is 15.0 Å². The first kappa shape index (κ1) is 54.7. The molecule has 363 valence electrons. The van der Waals surface area contributed by atoms with Gasteiger partial charge in [0.05, 0.1) is 23.8 Å². The SMILES string of the molecule is Cn1ccnc1-c1[n-]cc[n+]1C.Cn1ccnc1-c1nccn1C.[CH2-][n+]1ccc(C(CC)CC(CC(CC)c2cc[n+](CCCCc3ccnc(-c4ccccn4)c3)cc2)c2ccncc2)cc1.[Os+].[W]. The zero-order chi connectivity index (χ0) is 47.7. The van der Waals surface area contributed by atoms with Crippen LogP contribution in [0.3, 0.4) is 0 Å². The van der Waals surface area contributed by atoms with E-state index >= 15 is 0 Å². The Bertz CT molecular complexity index is 2700. The van der Waals surface area contributed by atoms with Crippen molar-refractivity contribution in [3.63, 3.8) is 0 Å². The quantitative estimate of drug-likeness (QED) is 0.0509. The summed E-state index contributed by atoms with van der Waals surface area (Å²) in [6, 6.07) is 23.8. The number of unbranched alkanes of at least 4 members (excludes halogenated alkanes) is 1. The molecule has 0 aliphatic rings. The first-order chi connectivity index (χ1) is 33.2. The molecule has 0 fully saturated rings. The van der Waals surface area contributed by atoms with E-state index in [1.165, 1.54) is 22.3 Å². The molecular formula is C55H66N13OsW+2. The second-order valence-corrected chi connectivity index (χ2v) is 17.3. The fraction of sp³-hybridized carbons (Fsp3) is 0.309. The van der Waals surface area contributed by atoms with Crippen LogP contribution >= 0.6 is 0 Å². The Labute approximate surface area is 441 Å². The van der Waals surface area contributed by atoms with Crippen molar-refractivity contribution < 1.29 is 54.6 Å². The Kier molecular flexibility index (Phi) is 21.8. The molecule has 0 aliphatic heterocycles. The van der Waals surface area contributed by atoms with E-state index in [1.807, 2.05) is 119 Å². The molecule has 0 N–H and O–H groups in total. The molecule has 1 radical (unpaired) electrons. The van der Waals surface area contributed by atoms with Crippen LogP contribution in [0.2, 0.25) is 0 Å². The molecule has 9 heterocycles. The van der Waals surface area contributed by atoms with Gasteiger partial charge in [-0.15, -0.1) is 0 Å². The van der Waals surface area contributed by atoms with E-state index in [2.05, 4.69) is 134 Å². The van der Waals surface area contributed by atoms with E-state index in [4.69, 9.17) is 0 Å². The zero-order valence-corrected chi connectivity index (χ0v) is 46.7. The van der Waals surface area contributed by atoms with Crippen molar-refractivity contribution in [2.45, 2.75) is 83.1 Å². The van der Waals surface area contributed by atoms with Crippen LogP contribution in [0.1, 0.15) is 92.4 Å². The van der Waals surface area contributed by atoms with Gasteiger partial charge in [0.15, 0.2) is 35.7 Å². The summed E-state index contributed by atoms with van der Waals surface area (Å²) in [5.41, 5.74) is 7.43. The van der Waals surface area contributed by atoms with Crippen LogP contribution < -0.4 is 18.7 Å². The number of aromatic nitrogens is 13. The number of hydrogen-bond donors (Lipinski definition) is 0. The summed E-state index contributed by atoms with van der Waals surface area (Å²) in [6.07, 6.45) is 38.8. The monoisotopic (exact) mass is 1280 g/mol. The summed E-state index contributed by atoms with van der Waals surface area (Å²) in [5.74, 6) is 5.06. The Morgan fingerprint density at radius 3 is 1.66 bits per heavy atom. The second kappa shape index (κ2) is 27.8. The van der Waals surface area contributed by atoms with E-state index in [0.29, 0.717) is 17.8 Å². The van der Waals surface area contributed by atoms with E-state index in [0.717, 1.165) is 86.2 Å². The third-order valence-corrected chi connectivity index (χ3v) is 12.6. The Balaban J connectivity index is 0.000000283. The van der Waals surface area contributed by atoms with Crippen LogP contribution in [0.25, 0.3) is 34.7 Å². The maximum atomic E-state index is 4.51. The minimum atomic E-state index is 0. The van der Waals surface area contributed by atoms with Crippen LogP contribution in [0, 0.1) is 7.05 Å². The van der Waals surface area contributed by atoms with Gasteiger partial charge in [-0.1, -0.05) is 37.6 Å². The van der Waals surface area contributed by atoms with Crippen LogP contribution in [-0.4, -0.2) is 43.6 Å². The third-order valence-electron chi connectivity index (χ3n) is 12.6. The van der Waals surface area contributed by atoms with Crippen molar-refractivity contribution in [2.75, 3.05) is 0 Å². The maximum Gasteiger partial charge on any atom is 1.00 e. The fourth-order valence-electron chi connectivity index (χ4n) is 8.63. The van der Waals surface area contributed by atoms with Crippen LogP contribution in [-0.2, 0) is 82.0 Å². The summed E-state index contributed by atoms with van der Waals surface area (Å²) in [6.45, 7) is 5.66. The average Bonchev–Trinajstić information content (AvgIpc) is 4.21. The molecule has 0 spiro atoms. The number of aryl methyl sites for hydroxylation is 6. The van der Waals surface area contributed by atoms with Crippen molar-refractivity contribution >= 4 is 0 Å². The van der Waals surface area contributed by atoms with Crippen molar-refractivity contribution in [1.82, 2.24) is 48.6 Å². The molecule has 3 unspecified atom stereocenters. The molecule has 15 heteroatoms. The first-order valence-corrected chi connectivity index (χ1v) is 23.7. The Hall–Kier alpha value is -6.22. The average molecular weight is 1280 g/mol. The van der Waals surface area contributed by atoms with E-state index in [9.17, 15) is 0 Å². The molecule has 13 nitrogen and oxygen atoms in total. The molecule has 0 aliphatic carbocycles. The predicted molar refractivity (Wildman–Crippen MR) is 265 cm³/mol. The van der Waals surface area contributed by atoms with Gasteiger partial charge >= 0.3 is 19.8 Å². The molecular weight excluding hydrogens is 1220 g/mol. The van der Waals surface area contributed by atoms with Crippen LogP contribution in [0.5, 0.6) is 0 Å².